The maximum Gasteiger partial charge on any atom is 0.136 e. The lowest BCUT2D eigenvalue weighted by Crippen LogP contribution is -2.16. The van der Waals surface area contributed by atoms with Gasteiger partial charge in [-0.1, -0.05) is 32.4 Å². The van der Waals surface area contributed by atoms with Gasteiger partial charge in [-0.25, -0.2) is 9.97 Å². The smallest absolute Gasteiger partial charge is 0.136 e. The van der Waals surface area contributed by atoms with Gasteiger partial charge in [-0.05, 0) is 24.3 Å². The molecule has 0 N–H and O–H groups in total. The summed E-state index contributed by atoms with van der Waals surface area (Å²) in [5.41, 5.74) is 1.69. The molecular weight excluding hydrogens is 260 g/mol. The minimum absolute atomic E-state index is 0.133. The fraction of sp³-hybridized carbons (Fsp3) is 0.333. The standard InChI is InChI=1S/C15H17ClN2O/c1-15(2,3)14-17-12(9-13(16)18-14)10-5-7-11(19-4)8-6-10/h5-9H,1-4H3. The van der Waals surface area contributed by atoms with Crippen molar-refractivity contribution < 1.29 is 4.74 Å². The Morgan fingerprint density at radius 3 is 2.21 bits per heavy atom. The first kappa shape index (κ1) is 13.8. The van der Waals surface area contributed by atoms with Crippen molar-refractivity contribution in [3.63, 3.8) is 0 Å². The molecule has 2 rings (SSSR count). The monoisotopic (exact) mass is 276 g/mol. The predicted molar refractivity (Wildman–Crippen MR) is 77.7 cm³/mol. The van der Waals surface area contributed by atoms with Crippen LogP contribution in [-0.2, 0) is 5.41 Å². The summed E-state index contributed by atoms with van der Waals surface area (Å²) in [7, 11) is 1.65. The van der Waals surface area contributed by atoms with Crippen molar-refractivity contribution in [3.8, 4) is 17.0 Å². The predicted octanol–water partition coefficient (Wildman–Crippen LogP) is 4.10. The number of hydrogen-bond acceptors (Lipinski definition) is 3. The zero-order valence-corrected chi connectivity index (χ0v) is 12.3. The SMILES string of the molecule is COc1ccc(-c2cc(Cl)nc(C(C)(C)C)n2)cc1. The molecule has 3 nitrogen and oxygen atoms in total. The van der Waals surface area contributed by atoms with Gasteiger partial charge in [0.25, 0.3) is 0 Å². The normalized spacial score (nSPS) is 11.4. The summed E-state index contributed by atoms with van der Waals surface area (Å²) >= 11 is 6.09. The second-order valence-corrected chi connectivity index (χ2v) is 5.77. The van der Waals surface area contributed by atoms with Crippen LogP contribution in [0.15, 0.2) is 30.3 Å². The number of ether oxygens (including phenoxy) is 1. The number of halogens is 1. The molecule has 4 heteroatoms. The summed E-state index contributed by atoms with van der Waals surface area (Å²) in [6.07, 6.45) is 0. The topological polar surface area (TPSA) is 35.0 Å². The van der Waals surface area contributed by atoms with E-state index in [1.54, 1.807) is 13.2 Å². The largest absolute Gasteiger partial charge is 0.497 e. The number of methoxy groups -OCH3 is 1. The van der Waals surface area contributed by atoms with Gasteiger partial charge in [0.15, 0.2) is 0 Å². The number of aromatic nitrogens is 2. The minimum atomic E-state index is -0.133. The van der Waals surface area contributed by atoms with Gasteiger partial charge in [0, 0.05) is 17.0 Å². The molecule has 0 aliphatic rings. The molecular formula is C15H17ClN2O. The third-order valence-electron chi connectivity index (χ3n) is 2.75. The van der Waals surface area contributed by atoms with Crippen LogP contribution < -0.4 is 4.74 Å². The summed E-state index contributed by atoms with van der Waals surface area (Å²) in [5, 5.41) is 0.464. The molecule has 0 amide bonds. The molecule has 0 bridgehead atoms. The molecule has 0 spiro atoms. The van der Waals surface area contributed by atoms with Crippen LogP contribution in [0.5, 0.6) is 5.75 Å². The average molecular weight is 277 g/mol. The molecule has 0 fully saturated rings. The van der Waals surface area contributed by atoms with Gasteiger partial charge in [-0.3, -0.25) is 0 Å². The Balaban J connectivity index is 2.46. The van der Waals surface area contributed by atoms with E-state index in [2.05, 4.69) is 30.7 Å². The van der Waals surface area contributed by atoms with Gasteiger partial charge < -0.3 is 4.74 Å². The van der Waals surface area contributed by atoms with E-state index in [4.69, 9.17) is 16.3 Å². The highest BCUT2D eigenvalue weighted by Gasteiger charge is 2.19. The first-order valence-corrected chi connectivity index (χ1v) is 6.47. The zero-order valence-electron chi connectivity index (χ0n) is 11.6. The van der Waals surface area contributed by atoms with Gasteiger partial charge in [-0.2, -0.15) is 0 Å². The molecule has 2 aromatic rings. The fourth-order valence-corrected chi connectivity index (χ4v) is 1.85. The molecule has 1 heterocycles. The Kier molecular flexibility index (Phi) is 3.76. The Morgan fingerprint density at radius 2 is 1.68 bits per heavy atom. The average Bonchev–Trinajstić information content (AvgIpc) is 2.37. The number of benzene rings is 1. The second kappa shape index (κ2) is 5.17. The van der Waals surface area contributed by atoms with E-state index in [0.717, 1.165) is 22.8 Å². The summed E-state index contributed by atoms with van der Waals surface area (Å²) in [6.45, 7) is 6.20. The van der Waals surface area contributed by atoms with Crippen LogP contribution in [0.3, 0.4) is 0 Å². The van der Waals surface area contributed by atoms with E-state index in [1.807, 2.05) is 24.3 Å². The zero-order chi connectivity index (χ0) is 14.0. The maximum atomic E-state index is 6.09. The molecule has 0 radical (unpaired) electrons. The Bertz CT molecular complexity index is 574. The quantitative estimate of drug-likeness (QED) is 0.775. The van der Waals surface area contributed by atoms with Crippen molar-refractivity contribution in [2.45, 2.75) is 26.2 Å². The van der Waals surface area contributed by atoms with Crippen LogP contribution in [0.4, 0.5) is 0 Å². The second-order valence-electron chi connectivity index (χ2n) is 5.38. The van der Waals surface area contributed by atoms with E-state index in [0.29, 0.717) is 5.15 Å². The summed E-state index contributed by atoms with van der Waals surface area (Å²) < 4.78 is 5.15. The van der Waals surface area contributed by atoms with E-state index < -0.39 is 0 Å². The molecule has 100 valence electrons. The first-order valence-electron chi connectivity index (χ1n) is 6.09. The Hall–Kier alpha value is -1.61. The molecule has 1 aromatic carbocycles. The minimum Gasteiger partial charge on any atom is -0.497 e. The summed E-state index contributed by atoms with van der Waals surface area (Å²) in [5.74, 6) is 1.56. The number of nitrogens with zero attached hydrogens (tertiary/aromatic N) is 2. The number of rotatable bonds is 2. The van der Waals surface area contributed by atoms with Crippen LogP contribution >= 0.6 is 11.6 Å². The van der Waals surface area contributed by atoms with Crippen LogP contribution in [-0.4, -0.2) is 17.1 Å². The van der Waals surface area contributed by atoms with Crippen LogP contribution in [0.25, 0.3) is 11.3 Å². The van der Waals surface area contributed by atoms with E-state index in [9.17, 15) is 0 Å². The van der Waals surface area contributed by atoms with E-state index in [1.165, 1.54) is 0 Å². The molecule has 0 atom stereocenters. The van der Waals surface area contributed by atoms with Gasteiger partial charge in [0.2, 0.25) is 0 Å². The number of hydrogen-bond donors (Lipinski definition) is 0. The molecule has 0 saturated heterocycles. The maximum absolute atomic E-state index is 6.09. The highest BCUT2D eigenvalue weighted by Crippen LogP contribution is 2.26. The highest BCUT2D eigenvalue weighted by atomic mass is 35.5. The lowest BCUT2D eigenvalue weighted by Gasteiger charge is -2.17. The molecule has 0 aliphatic carbocycles. The van der Waals surface area contributed by atoms with Crippen LogP contribution in [0, 0.1) is 0 Å². The van der Waals surface area contributed by atoms with Crippen molar-refractivity contribution in [3.05, 3.63) is 41.3 Å². The first-order chi connectivity index (χ1) is 8.90. The van der Waals surface area contributed by atoms with E-state index in [-0.39, 0.29) is 5.41 Å². The van der Waals surface area contributed by atoms with Crippen molar-refractivity contribution in [2.75, 3.05) is 7.11 Å². The Morgan fingerprint density at radius 1 is 1.05 bits per heavy atom. The van der Waals surface area contributed by atoms with Crippen molar-refractivity contribution in [2.24, 2.45) is 0 Å². The van der Waals surface area contributed by atoms with Crippen LogP contribution in [0.2, 0.25) is 5.15 Å². The summed E-state index contributed by atoms with van der Waals surface area (Å²) in [4.78, 5) is 8.89. The van der Waals surface area contributed by atoms with Crippen LogP contribution in [0.1, 0.15) is 26.6 Å². The van der Waals surface area contributed by atoms with Gasteiger partial charge >= 0.3 is 0 Å². The van der Waals surface area contributed by atoms with Gasteiger partial charge in [0.1, 0.15) is 16.7 Å². The van der Waals surface area contributed by atoms with Crippen molar-refractivity contribution in [1.82, 2.24) is 9.97 Å². The lowest BCUT2D eigenvalue weighted by atomic mass is 9.95. The lowest BCUT2D eigenvalue weighted by molar-refractivity contribution is 0.415. The van der Waals surface area contributed by atoms with Crippen molar-refractivity contribution >= 4 is 11.6 Å². The fourth-order valence-electron chi connectivity index (χ4n) is 1.66. The third kappa shape index (κ3) is 3.24. The molecule has 0 aliphatic heterocycles. The Labute approximate surface area is 118 Å². The summed E-state index contributed by atoms with van der Waals surface area (Å²) in [6, 6.07) is 9.51. The van der Waals surface area contributed by atoms with Gasteiger partial charge in [0.05, 0.1) is 12.8 Å². The molecule has 0 saturated carbocycles. The molecule has 1 aromatic heterocycles. The molecule has 0 unspecified atom stereocenters. The van der Waals surface area contributed by atoms with Crippen molar-refractivity contribution in [1.29, 1.82) is 0 Å². The third-order valence-corrected chi connectivity index (χ3v) is 2.95. The van der Waals surface area contributed by atoms with Gasteiger partial charge in [-0.15, -0.1) is 0 Å². The highest BCUT2D eigenvalue weighted by molar-refractivity contribution is 6.29. The molecule has 19 heavy (non-hydrogen) atoms. The van der Waals surface area contributed by atoms with E-state index >= 15 is 0 Å².